The highest BCUT2D eigenvalue weighted by atomic mass is 19.3. The molecule has 1 nitrogen and oxygen atoms in total. The molecule has 0 radical (unpaired) electrons. The van der Waals surface area contributed by atoms with Gasteiger partial charge in [0.1, 0.15) is 0 Å². The van der Waals surface area contributed by atoms with Crippen molar-refractivity contribution in [1.29, 1.82) is 0 Å². The fourth-order valence-corrected chi connectivity index (χ4v) is 1.18. The number of rotatable bonds is 1. The van der Waals surface area contributed by atoms with Gasteiger partial charge in [0.2, 0.25) is 5.92 Å². The fraction of sp³-hybridized carbons (Fsp3) is 1.00. The highest BCUT2D eigenvalue weighted by Gasteiger charge is 2.34. The van der Waals surface area contributed by atoms with Crippen LogP contribution in [0.5, 0.6) is 0 Å². The molecular formula is C7H13F2N. The first-order valence-corrected chi connectivity index (χ1v) is 3.44. The van der Waals surface area contributed by atoms with Crippen molar-refractivity contribution in [2.75, 3.05) is 6.98 Å². The highest BCUT2D eigenvalue weighted by Crippen LogP contribution is 2.32. The molecule has 60 valence electrons. The lowest BCUT2D eigenvalue weighted by Crippen LogP contribution is -2.34. The molecule has 0 heterocycles. The topological polar surface area (TPSA) is 12.0 Å². The van der Waals surface area contributed by atoms with E-state index in [1.165, 1.54) is 0 Å². The second kappa shape index (κ2) is 2.82. The van der Waals surface area contributed by atoms with E-state index in [-0.39, 0.29) is 31.7 Å². The summed E-state index contributed by atoms with van der Waals surface area (Å²) in [5.74, 6) is -2.59. The second-order valence-electron chi connectivity index (χ2n) is 2.77. The van der Waals surface area contributed by atoms with Crippen molar-refractivity contribution in [2.45, 2.75) is 37.6 Å². The lowest BCUT2D eigenvalue weighted by Gasteiger charge is -2.27. The summed E-state index contributed by atoms with van der Waals surface area (Å²) in [7, 11) is 0. The molecule has 0 spiro atoms. The van der Waals surface area contributed by atoms with Gasteiger partial charge in [-0.2, -0.15) is 0 Å². The number of halogens is 2. The first kappa shape index (κ1) is 4.65. The molecule has 1 rings (SSSR count). The molecule has 1 aliphatic carbocycles. The molecule has 0 aromatic carbocycles. The van der Waals surface area contributed by atoms with E-state index in [9.17, 15) is 8.78 Å². The maximum atomic E-state index is 12.6. The zero-order chi connectivity index (χ0) is 10.1. The lowest BCUT2D eigenvalue weighted by atomic mass is 9.92. The van der Waals surface area contributed by atoms with E-state index >= 15 is 0 Å². The van der Waals surface area contributed by atoms with Gasteiger partial charge in [0.05, 0.1) is 0 Å². The van der Waals surface area contributed by atoms with Crippen LogP contribution in [-0.2, 0) is 0 Å². The van der Waals surface area contributed by atoms with Crippen LogP contribution in [0.1, 0.15) is 29.8 Å². The van der Waals surface area contributed by atoms with Gasteiger partial charge < -0.3 is 5.32 Å². The van der Waals surface area contributed by atoms with Crippen LogP contribution < -0.4 is 5.32 Å². The van der Waals surface area contributed by atoms with Crippen LogP contribution in [0.3, 0.4) is 0 Å². The summed E-state index contributed by atoms with van der Waals surface area (Å²) in [6.45, 7) is -2.21. The summed E-state index contributed by atoms with van der Waals surface area (Å²) < 4.78 is 46.0. The van der Waals surface area contributed by atoms with Gasteiger partial charge in [-0.3, -0.25) is 0 Å². The summed E-state index contributed by atoms with van der Waals surface area (Å²) in [6.07, 6.45) is 0.0677. The Morgan fingerprint density at radius 3 is 2.60 bits per heavy atom. The van der Waals surface area contributed by atoms with Gasteiger partial charge >= 0.3 is 0 Å². The van der Waals surface area contributed by atoms with Crippen molar-refractivity contribution in [3.05, 3.63) is 0 Å². The van der Waals surface area contributed by atoms with Gasteiger partial charge in [0.15, 0.2) is 0 Å². The van der Waals surface area contributed by atoms with E-state index in [4.69, 9.17) is 4.11 Å². The first-order valence-electron chi connectivity index (χ1n) is 4.94. The van der Waals surface area contributed by atoms with Crippen molar-refractivity contribution < 1.29 is 12.9 Å². The molecule has 0 amide bonds. The van der Waals surface area contributed by atoms with Crippen LogP contribution in [0.15, 0.2) is 0 Å². The summed E-state index contributed by atoms with van der Waals surface area (Å²) >= 11 is 0. The Morgan fingerprint density at radius 2 is 2.10 bits per heavy atom. The van der Waals surface area contributed by atoms with Gasteiger partial charge in [-0.1, -0.05) is 0 Å². The van der Waals surface area contributed by atoms with Gasteiger partial charge in [-0.05, 0) is 19.8 Å². The Bertz CT molecular complexity index is 171. The molecule has 1 aliphatic rings. The molecule has 1 fully saturated rings. The van der Waals surface area contributed by atoms with Crippen molar-refractivity contribution >= 4 is 0 Å². The molecule has 1 N–H and O–H groups in total. The van der Waals surface area contributed by atoms with E-state index in [1.807, 2.05) is 0 Å². The van der Waals surface area contributed by atoms with E-state index in [2.05, 4.69) is 5.32 Å². The number of hydrogen-bond donors (Lipinski definition) is 1. The smallest absolute Gasteiger partial charge is 0.248 e. The number of alkyl halides is 2. The minimum Gasteiger partial charge on any atom is -0.317 e. The molecule has 0 aromatic heterocycles. The molecule has 0 atom stereocenters. The zero-order valence-corrected chi connectivity index (χ0v) is 5.66. The van der Waals surface area contributed by atoms with E-state index in [0.717, 1.165) is 0 Å². The Morgan fingerprint density at radius 1 is 1.50 bits per heavy atom. The van der Waals surface area contributed by atoms with Crippen LogP contribution >= 0.6 is 0 Å². The molecular weight excluding hydrogens is 136 g/mol. The highest BCUT2D eigenvalue weighted by molar-refractivity contribution is 4.80. The number of hydrogen-bond acceptors (Lipinski definition) is 1. The van der Waals surface area contributed by atoms with Crippen molar-refractivity contribution in [2.24, 2.45) is 0 Å². The summed E-state index contributed by atoms with van der Waals surface area (Å²) in [5, 5.41) is 2.36. The third-order valence-corrected chi connectivity index (χ3v) is 1.92. The van der Waals surface area contributed by atoms with Crippen molar-refractivity contribution in [3.63, 3.8) is 0 Å². The first-order chi connectivity index (χ1) is 5.79. The molecule has 10 heavy (non-hydrogen) atoms. The standard InChI is InChI=1S/C7H13F2N/c1-10-6-2-4-7(8,9)5-3-6/h6,10H,2-5H2,1H3/i1D3. The number of nitrogens with one attached hydrogen (secondary N) is 1. The minimum absolute atomic E-state index is 0.208. The van der Waals surface area contributed by atoms with Gasteiger partial charge in [-0.25, -0.2) is 8.78 Å². The van der Waals surface area contributed by atoms with Gasteiger partial charge in [-0.15, -0.1) is 0 Å². The van der Waals surface area contributed by atoms with E-state index in [0.29, 0.717) is 0 Å². The molecule has 0 saturated heterocycles. The Labute approximate surface area is 64.0 Å². The lowest BCUT2D eigenvalue weighted by molar-refractivity contribution is -0.0398. The average molecular weight is 152 g/mol. The summed E-state index contributed by atoms with van der Waals surface area (Å²) in [4.78, 5) is 0. The van der Waals surface area contributed by atoms with E-state index in [1.54, 1.807) is 0 Å². The molecule has 0 bridgehead atoms. The summed E-state index contributed by atoms with van der Waals surface area (Å²) in [6, 6.07) is -0.285. The predicted molar refractivity (Wildman–Crippen MR) is 36.3 cm³/mol. The van der Waals surface area contributed by atoms with Crippen molar-refractivity contribution in [1.82, 2.24) is 5.32 Å². The quantitative estimate of drug-likeness (QED) is 0.604. The average Bonchev–Trinajstić information content (AvgIpc) is 1.91. The monoisotopic (exact) mass is 152 g/mol. The molecule has 0 aliphatic heterocycles. The molecule has 3 heteroatoms. The third-order valence-electron chi connectivity index (χ3n) is 1.92. The van der Waals surface area contributed by atoms with Crippen LogP contribution in [0.2, 0.25) is 0 Å². The normalized spacial score (nSPS) is 32.4. The zero-order valence-electron chi connectivity index (χ0n) is 8.66. The maximum Gasteiger partial charge on any atom is 0.248 e. The van der Waals surface area contributed by atoms with Gasteiger partial charge in [0.25, 0.3) is 0 Å². The molecule has 1 saturated carbocycles. The Kier molecular flexibility index (Phi) is 1.31. The van der Waals surface area contributed by atoms with Crippen LogP contribution in [0.4, 0.5) is 8.78 Å². The summed E-state index contributed by atoms with van der Waals surface area (Å²) in [5.41, 5.74) is 0. The van der Waals surface area contributed by atoms with Crippen LogP contribution in [0.25, 0.3) is 0 Å². The van der Waals surface area contributed by atoms with Crippen LogP contribution in [-0.4, -0.2) is 18.9 Å². The fourth-order valence-electron chi connectivity index (χ4n) is 1.18. The van der Waals surface area contributed by atoms with Gasteiger partial charge in [0, 0.05) is 23.0 Å². The maximum absolute atomic E-state index is 12.6. The Hall–Kier alpha value is -0.180. The minimum atomic E-state index is -2.59. The van der Waals surface area contributed by atoms with Crippen molar-refractivity contribution in [3.8, 4) is 0 Å². The third kappa shape index (κ3) is 1.90. The van der Waals surface area contributed by atoms with Crippen LogP contribution in [0, 0.1) is 0 Å². The second-order valence-corrected chi connectivity index (χ2v) is 2.77. The predicted octanol–water partition coefficient (Wildman–Crippen LogP) is 1.78. The van der Waals surface area contributed by atoms with E-state index < -0.39 is 12.9 Å². The largest absolute Gasteiger partial charge is 0.317 e. The Balaban J connectivity index is 2.34. The SMILES string of the molecule is [2H]C([2H])([2H])NC1CCC(F)(F)CC1. The molecule has 0 aromatic rings. The molecule has 0 unspecified atom stereocenters.